The van der Waals surface area contributed by atoms with Crippen molar-refractivity contribution in [1.29, 1.82) is 0 Å². The number of hydrogen-bond donors (Lipinski definition) is 1. The Hall–Kier alpha value is -3.02. The first-order valence-electron chi connectivity index (χ1n) is 8.93. The Morgan fingerprint density at radius 1 is 1.11 bits per heavy atom. The SMILES string of the molecule is CC(=O)c1cc2c(cc1NC(=O)c1ccc(OCCC(C)C)cc1)OCO2. The van der Waals surface area contributed by atoms with Gasteiger partial charge in [-0.15, -0.1) is 0 Å². The van der Waals surface area contributed by atoms with Crippen molar-refractivity contribution in [1.82, 2.24) is 0 Å². The van der Waals surface area contributed by atoms with Gasteiger partial charge in [0.1, 0.15) is 5.75 Å². The molecule has 1 aliphatic rings. The summed E-state index contributed by atoms with van der Waals surface area (Å²) in [5.41, 5.74) is 1.24. The summed E-state index contributed by atoms with van der Waals surface area (Å²) in [6.07, 6.45) is 0.972. The fourth-order valence-corrected chi connectivity index (χ4v) is 2.65. The minimum absolute atomic E-state index is 0.0996. The van der Waals surface area contributed by atoms with Crippen molar-refractivity contribution in [2.75, 3.05) is 18.7 Å². The Bertz CT molecular complexity index is 842. The molecule has 3 rings (SSSR count). The number of ketones is 1. The van der Waals surface area contributed by atoms with Crippen LogP contribution in [-0.2, 0) is 0 Å². The second kappa shape index (κ2) is 8.12. The van der Waals surface area contributed by atoms with E-state index in [4.69, 9.17) is 14.2 Å². The molecular formula is C21H23NO5. The van der Waals surface area contributed by atoms with Crippen LogP contribution < -0.4 is 19.5 Å². The van der Waals surface area contributed by atoms with Crippen LogP contribution in [0.1, 0.15) is 47.9 Å². The van der Waals surface area contributed by atoms with Crippen LogP contribution in [0.4, 0.5) is 5.69 Å². The molecule has 1 amide bonds. The molecule has 0 atom stereocenters. The predicted octanol–water partition coefficient (Wildman–Crippen LogP) is 4.30. The Kier molecular flexibility index (Phi) is 5.64. The lowest BCUT2D eigenvalue weighted by atomic mass is 10.1. The van der Waals surface area contributed by atoms with Gasteiger partial charge >= 0.3 is 0 Å². The van der Waals surface area contributed by atoms with Crippen molar-refractivity contribution in [3.05, 3.63) is 47.5 Å². The van der Waals surface area contributed by atoms with Gasteiger partial charge in [-0.25, -0.2) is 0 Å². The maximum Gasteiger partial charge on any atom is 0.255 e. The van der Waals surface area contributed by atoms with E-state index in [1.807, 2.05) is 0 Å². The fourth-order valence-electron chi connectivity index (χ4n) is 2.65. The van der Waals surface area contributed by atoms with Crippen molar-refractivity contribution in [2.45, 2.75) is 27.2 Å². The van der Waals surface area contributed by atoms with Crippen molar-refractivity contribution in [3.8, 4) is 17.2 Å². The molecule has 0 unspecified atom stereocenters. The van der Waals surface area contributed by atoms with Crippen LogP contribution in [0.2, 0.25) is 0 Å². The quantitative estimate of drug-likeness (QED) is 0.737. The van der Waals surface area contributed by atoms with Crippen molar-refractivity contribution in [3.63, 3.8) is 0 Å². The molecule has 0 bridgehead atoms. The summed E-state index contributed by atoms with van der Waals surface area (Å²) in [5, 5.41) is 2.78. The first-order valence-corrected chi connectivity index (χ1v) is 8.93. The number of benzene rings is 2. The summed E-state index contributed by atoms with van der Waals surface area (Å²) in [4.78, 5) is 24.5. The molecule has 6 nitrogen and oxygen atoms in total. The Morgan fingerprint density at radius 2 is 1.78 bits per heavy atom. The summed E-state index contributed by atoms with van der Waals surface area (Å²) in [7, 11) is 0. The summed E-state index contributed by atoms with van der Waals surface area (Å²) in [6, 6.07) is 10.1. The zero-order valence-corrected chi connectivity index (χ0v) is 15.7. The Morgan fingerprint density at radius 3 is 2.41 bits per heavy atom. The predicted molar refractivity (Wildman–Crippen MR) is 102 cm³/mol. The number of rotatable bonds is 7. The number of hydrogen-bond acceptors (Lipinski definition) is 5. The van der Waals surface area contributed by atoms with Crippen LogP contribution >= 0.6 is 0 Å². The number of Topliss-reactive ketones (excluding diaryl/α,β-unsaturated/α-hetero) is 1. The van der Waals surface area contributed by atoms with Gasteiger partial charge < -0.3 is 19.5 Å². The second-order valence-corrected chi connectivity index (χ2v) is 6.82. The van der Waals surface area contributed by atoms with E-state index in [1.165, 1.54) is 6.92 Å². The summed E-state index contributed by atoms with van der Waals surface area (Å²) in [5.74, 6) is 1.82. The fraction of sp³-hybridized carbons (Fsp3) is 0.333. The van der Waals surface area contributed by atoms with E-state index in [0.717, 1.165) is 12.2 Å². The number of amides is 1. The Labute approximate surface area is 158 Å². The lowest BCUT2D eigenvalue weighted by Crippen LogP contribution is -2.14. The van der Waals surface area contributed by atoms with E-state index < -0.39 is 0 Å². The van der Waals surface area contributed by atoms with E-state index in [-0.39, 0.29) is 18.5 Å². The van der Waals surface area contributed by atoms with Crippen LogP contribution in [0.3, 0.4) is 0 Å². The normalized spacial score (nSPS) is 12.1. The monoisotopic (exact) mass is 369 g/mol. The van der Waals surface area contributed by atoms with Gasteiger partial charge in [0.2, 0.25) is 6.79 Å². The molecule has 2 aromatic rings. The third-order valence-corrected chi connectivity index (χ3v) is 4.22. The van der Waals surface area contributed by atoms with E-state index in [0.29, 0.717) is 40.8 Å². The van der Waals surface area contributed by atoms with Gasteiger partial charge in [0, 0.05) is 17.2 Å². The molecule has 1 aliphatic heterocycles. The second-order valence-electron chi connectivity index (χ2n) is 6.82. The van der Waals surface area contributed by atoms with Crippen molar-refractivity contribution < 1.29 is 23.8 Å². The molecule has 0 spiro atoms. The summed E-state index contributed by atoms with van der Waals surface area (Å²) in [6.45, 7) is 6.46. The molecule has 0 fully saturated rings. The molecule has 0 saturated carbocycles. The highest BCUT2D eigenvalue weighted by molar-refractivity contribution is 6.09. The van der Waals surface area contributed by atoms with E-state index >= 15 is 0 Å². The first kappa shape index (κ1) is 18.8. The van der Waals surface area contributed by atoms with Gasteiger partial charge in [0.15, 0.2) is 17.3 Å². The molecule has 142 valence electrons. The number of carbonyl (C=O) groups is 2. The van der Waals surface area contributed by atoms with Crippen LogP contribution in [-0.4, -0.2) is 25.1 Å². The number of ether oxygens (including phenoxy) is 3. The zero-order chi connectivity index (χ0) is 19.4. The molecule has 0 aromatic heterocycles. The van der Waals surface area contributed by atoms with Crippen molar-refractivity contribution in [2.24, 2.45) is 5.92 Å². The molecule has 2 aromatic carbocycles. The molecule has 0 aliphatic carbocycles. The first-order chi connectivity index (χ1) is 12.9. The van der Waals surface area contributed by atoms with Crippen molar-refractivity contribution >= 4 is 17.4 Å². The standard InChI is InChI=1S/C21H23NO5/c1-13(2)8-9-25-16-6-4-15(5-7-16)21(24)22-18-11-20-19(26-12-27-20)10-17(18)14(3)23/h4-7,10-11,13H,8-9,12H2,1-3H3,(H,22,24). The number of nitrogens with one attached hydrogen (secondary N) is 1. The lowest BCUT2D eigenvalue weighted by Gasteiger charge is -2.11. The van der Waals surface area contributed by atoms with Gasteiger partial charge in [-0.2, -0.15) is 0 Å². The molecule has 0 radical (unpaired) electrons. The van der Waals surface area contributed by atoms with Crippen LogP contribution in [0.5, 0.6) is 17.2 Å². The third-order valence-electron chi connectivity index (χ3n) is 4.22. The molecular weight excluding hydrogens is 346 g/mol. The van der Waals surface area contributed by atoms with Crippen LogP contribution in [0, 0.1) is 5.92 Å². The zero-order valence-electron chi connectivity index (χ0n) is 15.7. The molecule has 6 heteroatoms. The molecule has 1 heterocycles. The van der Waals surface area contributed by atoms with E-state index in [9.17, 15) is 9.59 Å². The maximum atomic E-state index is 12.6. The lowest BCUT2D eigenvalue weighted by molar-refractivity contribution is 0.101. The van der Waals surface area contributed by atoms with Gasteiger partial charge in [0.25, 0.3) is 5.91 Å². The van der Waals surface area contributed by atoms with Gasteiger partial charge in [-0.1, -0.05) is 13.8 Å². The number of anilines is 1. The summed E-state index contributed by atoms with van der Waals surface area (Å²) >= 11 is 0. The van der Waals surface area contributed by atoms with Gasteiger partial charge in [-0.05, 0) is 49.6 Å². The van der Waals surface area contributed by atoms with E-state index in [2.05, 4.69) is 19.2 Å². The van der Waals surface area contributed by atoms with Gasteiger partial charge in [-0.3, -0.25) is 9.59 Å². The van der Waals surface area contributed by atoms with Crippen LogP contribution in [0.25, 0.3) is 0 Å². The van der Waals surface area contributed by atoms with Gasteiger partial charge in [0.05, 0.1) is 12.3 Å². The summed E-state index contributed by atoms with van der Waals surface area (Å²) < 4.78 is 16.3. The Balaban J connectivity index is 1.71. The highest BCUT2D eigenvalue weighted by Gasteiger charge is 2.20. The largest absolute Gasteiger partial charge is 0.494 e. The smallest absolute Gasteiger partial charge is 0.255 e. The number of carbonyl (C=O) groups excluding carboxylic acids is 2. The third kappa shape index (κ3) is 4.58. The van der Waals surface area contributed by atoms with E-state index in [1.54, 1.807) is 36.4 Å². The average Bonchev–Trinajstić information content (AvgIpc) is 3.08. The van der Waals surface area contributed by atoms with Crippen LogP contribution in [0.15, 0.2) is 36.4 Å². The highest BCUT2D eigenvalue weighted by Crippen LogP contribution is 2.37. The molecule has 0 saturated heterocycles. The topological polar surface area (TPSA) is 73.9 Å². The number of fused-ring (bicyclic) bond motifs is 1. The molecule has 27 heavy (non-hydrogen) atoms. The maximum absolute atomic E-state index is 12.6. The average molecular weight is 369 g/mol. The minimum Gasteiger partial charge on any atom is -0.494 e. The minimum atomic E-state index is -0.315. The molecule has 1 N–H and O–H groups in total. The highest BCUT2D eigenvalue weighted by atomic mass is 16.7.